The van der Waals surface area contributed by atoms with Crippen LogP contribution in [-0.2, 0) is 4.74 Å². The molecule has 1 atom stereocenters. The molecule has 0 radical (unpaired) electrons. The number of aliphatic hydroxyl groups is 1. The number of aromatic hydroxyl groups is 1. The molecule has 2 aromatic rings. The summed E-state index contributed by atoms with van der Waals surface area (Å²) in [7, 11) is 1.46. The maximum Gasteiger partial charge on any atom is 0.410 e. The summed E-state index contributed by atoms with van der Waals surface area (Å²) in [6, 6.07) is 4.09. The monoisotopic (exact) mass is 464 g/mol. The lowest BCUT2D eigenvalue weighted by atomic mass is 10.1. The third kappa shape index (κ3) is 7.28. The van der Waals surface area contributed by atoms with Crippen LogP contribution in [0.1, 0.15) is 62.4 Å². The Balaban J connectivity index is 2.40. The Bertz CT molecular complexity index is 1030. The van der Waals surface area contributed by atoms with Crippen LogP contribution in [0, 0.1) is 5.82 Å². The number of H-pyrrole nitrogens is 1. The summed E-state index contributed by atoms with van der Waals surface area (Å²) in [6.07, 6.45) is 0.544. The van der Waals surface area contributed by atoms with Gasteiger partial charge in [0.1, 0.15) is 17.2 Å². The number of hydrogen-bond acceptors (Lipinski definition) is 7. The molecule has 2 amide bonds. The predicted octanol–water partition coefficient (Wildman–Crippen LogP) is 2.94. The van der Waals surface area contributed by atoms with Gasteiger partial charge in [-0.15, -0.1) is 0 Å². The lowest BCUT2D eigenvalue weighted by molar-refractivity contribution is 0.0200. The summed E-state index contributed by atoms with van der Waals surface area (Å²) in [6.45, 7) is 5.06. The van der Waals surface area contributed by atoms with Crippen molar-refractivity contribution < 1.29 is 28.9 Å². The molecule has 4 N–H and O–H groups in total. The van der Waals surface area contributed by atoms with Crippen LogP contribution >= 0.6 is 0 Å². The van der Waals surface area contributed by atoms with Crippen molar-refractivity contribution in [2.45, 2.75) is 51.7 Å². The van der Waals surface area contributed by atoms with Crippen LogP contribution < -0.4 is 10.9 Å². The number of nitrogens with one attached hydrogen (secondary N) is 2. The van der Waals surface area contributed by atoms with Crippen molar-refractivity contribution in [3.8, 4) is 5.75 Å². The molecule has 0 aliphatic heterocycles. The minimum absolute atomic E-state index is 0.0339. The summed E-state index contributed by atoms with van der Waals surface area (Å²) in [4.78, 5) is 45.4. The number of rotatable bonds is 8. The number of benzene rings is 1. The van der Waals surface area contributed by atoms with Crippen LogP contribution in [0.2, 0.25) is 0 Å². The first-order chi connectivity index (χ1) is 15.4. The van der Waals surface area contributed by atoms with Gasteiger partial charge in [0.25, 0.3) is 11.5 Å². The van der Waals surface area contributed by atoms with E-state index in [0.29, 0.717) is 19.3 Å². The van der Waals surface area contributed by atoms with E-state index in [1.165, 1.54) is 24.1 Å². The molecule has 0 spiro atoms. The Hall–Kier alpha value is -3.47. The second-order valence-corrected chi connectivity index (χ2v) is 8.44. The summed E-state index contributed by atoms with van der Waals surface area (Å²) in [5.74, 6) is -2.32. The van der Waals surface area contributed by atoms with E-state index in [2.05, 4.69) is 15.3 Å². The van der Waals surface area contributed by atoms with Crippen LogP contribution in [0.4, 0.5) is 14.9 Å². The number of aliphatic hydroxyl groups excluding tert-OH is 1. The molecule has 0 bridgehead atoms. The normalized spacial score (nSPS) is 12.2. The van der Waals surface area contributed by atoms with E-state index in [4.69, 9.17) is 9.84 Å². The van der Waals surface area contributed by atoms with E-state index in [-0.39, 0.29) is 18.1 Å². The number of ether oxygens (including phenoxy) is 1. The predicted molar refractivity (Wildman–Crippen MR) is 119 cm³/mol. The molecular weight excluding hydrogens is 435 g/mol. The van der Waals surface area contributed by atoms with Crippen LogP contribution in [-0.4, -0.2) is 56.3 Å². The van der Waals surface area contributed by atoms with Gasteiger partial charge < -0.3 is 30.2 Å². The summed E-state index contributed by atoms with van der Waals surface area (Å²) in [5.41, 5.74) is -2.05. The highest BCUT2D eigenvalue weighted by Gasteiger charge is 2.30. The highest BCUT2D eigenvalue weighted by Crippen LogP contribution is 2.25. The molecule has 0 unspecified atom stereocenters. The number of anilines is 1. The van der Waals surface area contributed by atoms with Crippen LogP contribution in [0.5, 0.6) is 5.75 Å². The number of carbonyl (C=O) groups is 2. The molecule has 0 saturated heterocycles. The van der Waals surface area contributed by atoms with Crippen molar-refractivity contribution in [1.82, 2.24) is 14.9 Å². The minimum Gasteiger partial charge on any atom is -0.501 e. The maximum atomic E-state index is 13.1. The number of amides is 2. The Morgan fingerprint density at radius 2 is 1.88 bits per heavy atom. The lowest BCUT2D eigenvalue weighted by Crippen LogP contribution is -2.38. The molecule has 0 aliphatic rings. The zero-order valence-corrected chi connectivity index (χ0v) is 19.0. The van der Waals surface area contributed by atoms with Gasteiger partial charge in [0.15, 0.2) is 5.69 Å². The molecule has 180 valence electrons. The third-order valence-electron chi connectivity index (χ3n) is 4.58. The Morgan fingerprint density at radius 3 is 2.45 bits per heavy atom. The van der Waals surface area contributed by atoms with Gasteiger partial charge in [0.2, 0.25) is 5.75 Å². The van der Waals surface area contributed by atoms with Crippen molar-refractivity contribution in [2.75, 3.05) is 19.0 Å². The number of nitrogens with zero attached hydrogens (tertiary/aromatic N) is 2. The summed E-state index contributed by atoms with van der Waals surface area (Å²) in [5, 5.41) is 21.7. The number of carbonyl (C=O) groups excluding carboxylic acids is 2. The van der Waals surface area contributed by atoms with Crippen molar-refractivity contribution in [1.29, 1.82) is 0 Å². The van der Waals surface area contributed by atoms with Gasteiger partial charge in [-0.1, -0.05) is 0 Å². The first-order valence-electron chi connectivity index (χ1n) is 10.4. The van der Waals surface area contributed by atoms with E-state index < -0.39 is 46.5 Å². The molecular formula is C22H29FN4O6. The second kappa shape index (κ2) is 10.9. The van der Waals surface area contributed by atoms with Gasteiger partial charge in [0, 0.05) is 19.3 Å². The quantitative estimate of drug-likeness (QED) is 0.440. The zero-order chi connectivity index (χ0) is 24.8. The van der Waals surface area contributed by atoms with Crippen molar-refractivity contribution in [2.24, 2.45) is 0 Å². The molecule has 1 aromatic heterocycles. The highest BCUT2D eigenvalue weighted by molar-refractivity contribution is 6.04. The number of halogens is 1. The SMILES string of the molecule is CN(C(=O)OC(C)(C)C)[C@@H](CCCCO)c1nc(C(=O)Nc2ccc(F)cc2)c(O)c(=O)[nH]1. The fraction of sp³-hybridized carbons (Fsp3) is 0.455. The summed E-state index contributed by atoms with van der Waals surface area (Å²) >= 11 is 0. The average molecular weight is 464 g/mol. The fourth-order valence-electron chi connectivity index (χ4n) is 2.95. The molecule has 1 heterocycles. The van der Waals surface area contributed by atoms with E-state index >= 15 is 0 Å². The third-order valence-corrected chi connectivity index (χ3v) is 4.58. The van der Waals surface area contributed by atoms with Gasteiger partial charge in [-0.2, -0.15) is 0 Å². The van der Waals surface area contributed by atoms with Crippen molar-refractivity contribution in [3.05, 3.63) is 52.0 Å². The van der Waals surface area contributed by atoms with Gasteiger partial charge in [-0.25, -0.2) is 14.2 Å². The first kappa shape index (κ1) is 25.8. The Labute approximate surface area is 190 Å². The standard InChI is InChI=1S/C22H29FN4O6/c1-22(2,3)33-21(32)27(4)15(7-5-6-12-28)18-25-16(17(29)20(31)26-18)19(30)24-14-10-8-13(23)9-11-14/h8-11,15,28-29H,5-7,12H2,1-4H3,(H,24,30)(H,25,26,31)/t15-/m0/s1. The minimum atomic E-state index is -0.964. The smallest absolute Gasteiger partial charge is 0.410 e. The first-order valence-corrected chi connectivity index (χ1v) is 10.4. The van der Waals surface area contributed by atoms with Crippen molar-refractivity contribution >= 4 is 17.7 Å². The molecule has 10 nitrogen and oxygen atoms in total. The van der Waals surface area contributed by atoms with E-state index in [1.54, 1.807) is 20.8 Å². The molecule has 1 aromatic carbocycles. The topological polar surface area (TPSA) is 145 Å². The van der Waals surface area contributed by atoms with Gasteiger partial charge >= 0.3 is 6.09 Å². The molecule has 0 aliphatic carbocycles. The lowest BCUT2D eigenvalue weighted by Gasteiger charge is -2.30. The number of unbranched alkanes of at least 4 members (excludes halogenated alkanes) is 1. The largest absolute Gasteiger partial charge is 0.501 e. The second-order valence-electron chi connectivity index (χ2n) is 8.44. The van der Waals surface area contributed by atoms with E-state index in [9.17, 15) is 23.9 Å². The molecule has 0 fully saturated rings. The van der Waals surface area contributed by atoms with Crippen LogP contribution in [0.3, 0.4) is 0 Å². The van der Waals surface area contributed by atoms with Gasteiger partial charge in [0.05, 0.1) is 6.04 Å². The molecule has 11 heteroatoms. The van der Waals surface area contributed by atoms with Crippen LogP contribution in [0.25, 0.3) is 0 Å². The van der Waals surface area contributed by atoms with Crippen LogP contribution in [0.15, 0.2) is 29.1 Å². The average Bonchev–Trinajstić information content (AvgIpc) is 2.73. The number of hydrogen-bond donors (Lipinski definition) is 4. The molecule has 2 rings (SSSR count). The van der Waals surface area contributed by atoms with Crippen molar-refractivity contribution in [3.63, 3.8) is 0 Å². The number of aromatic amines is 1. The van der Waals surface area contributed by atoms with E-state index in [0.717, 1.165) is 12.1 Å². The Morgan fingerprint density at radius 1 is 1.24 bits per heavy atom. The maximum absolute atomic E-state index is 13.1. The Kier molecular flexibility index (Phi) is 8.52. The fourth-order valence-corrected chi connectivity index (χ4v) is 2.95. The highest BCUT2D eigenvalue weighted by atomic mass is 19.1. The zero-order valence-electron chi connectivity index (χ0n) is 19.0. The van der Waals surface area contributed by atoms with Gasteiger partial charge in [-0.05, 0) is 64.3 Å². The molecule has 33 heavy (non-hydrogen) atoms. The van der Waals surface area contributed by atoms with Gasteiger partial charge in [-0.3, -0.25) is 9.59 Å². The number of aromatic nitrogens is 2. The summed E-state index contributed by atoms with van der Waals surface area (Å²) < 4.78 is 18.5. The molecule has 0 saturated carbocycles. The van der Waals surface area contributed by atoms with E-state index in [1.807, 2.05) is 0 Å².